The van der Waals surface area contributed by atoms with Crippen LogP contribution in [0.15, 0.2) is 36.8 Å². The molecule has 4 atom stereocenters. The fourth-order valence-corrected chi connectivity index (χ4v) is 5.08. The summed E-state index contributed by atoms with van der Waals surface area (Å²) in [5.74, 6) is 2.69. The van der Waals surface area contributed by atoms with Gasteiger partial charge in [-0.3, -0.25) is 0 Å². The number of nitrogen functional groups attached to an aromatic ring is 2. The van der Waals surface area contributed by atoms with Crippen molar-refractivity contribution in [1.29, 1.82) is 0 Å². The average molecular weight is 481 g/mol. The summed E-state index contributed by atoms with van der Waals surface area (Å²) in [5, 5.41) is 23.0. The van der Waals surface area contributed by atoms with Gasteiger partial charge >= 0.3 is 0 Å². The van der Waals surface area contributed by atoms with Crippen molar-refractivity contribution in [3.05, 3.63) is 53.2 Å². The lowest BCUT2D eigenvalue weighted by molar-refractivity contribution is -0.0115. The quantitative estimate of drug-likeness (QED) is 0.330. The first-order chi connectivity index (χ1) is 16.2. The first-order valence-electron chi connectivity index (χ1n) is 10.7. The summed E-state index contributed by atoms with van der Waals surface area (Å²) in [7, 11) is 0. The van der Waals surface area contributed by atoms with Crippen molar-refractivity contribution in [3.63, 3.8) is 0 Å². The Kier molecular flexibility index (Phi) is 5.32. The van der Waals surface area contributed by atoms with E-state index in [0.29, 0.717) is 47.2 Å². The van der Waals surface area contributed by atoms with Crippen molar-refractivity contribution < 1.29 is 14.6 Å². The molecule has 0 radical (unpaired) electrons. The zero-order valence-corrected chi connectivity index (χ0v) is 18.7. The molecule has 0 unspecified atom stereocenters. The Morgan fingerprint density at radius 3 is 2.76 bits per heavy atom. The molecule has 1 aromatic carbocycles. The van der Waals surface area contributed by atoms with Gasteiger partial charge in [0.05, 0.1) is 33.5 Å². The van der Waals surface area contributed by atoms with Crippen molar-refractivity contribution in [2.75, 3.05) is 11.5 Å². The number of hydrogen-bond donors (Lipinski definition) is 4. The fraction of sp³-hybridized carbons (Fsp3) is 0.292. The fourth-order valence-electron chi connectivity index (χ4n) is 4.93. The Labute approximate surface area is 199 Å². The second-order valence-electron chi connectivity index (χ2n) is 8.73. The van der Waals surface area contributed by atoms with Crippen molar-refractivity contribution >= 4 is 45.2 Å². The van der Waals surface area contributed by atoms with Crippen LogP contribution in [0.25, 0.3) is 21.9 Å². The van der Waals surface area contributed by atoms with E-state index >= 15 is 0 Å². The molecular weight excluding hydrogens is 459 g/mol. The molecule has 1 aliphatic rings. The summed E-state index contributed by atoms with van der Waals surface area (Å²) in [5.41, 5.74) is 12.3. The number of aliphatic hydroxyl groups is 2. The minimum Gasteiger partial charge on any atom is -0.389 e. The number of pyridine rings is 1. The predicted octanol–water partition coefficient (Wildman–Crippen LogP) is 2.86. The molecule has 1 aliphatic carbocycles. The molecule has 34 heavy (non-hydrogen) atoms. The Hall–Kier alpha value is -3.45. The zero-order valence-electron chi connectivity index (χ0n) is 18.0. The number of aliphatic hydroxyl groups excluding tert-OH is 2. The van der Waals surface area contributed by atoms with Crippen molar-refractivity contribution in [2.45, 2.75) is 37.5 Å². The second-order valence-corrected chi connectivity index (χ2v) is 9.13. The third-order valence-corrected chi connectivity index (χ3v) is 7.13. The summed E-state index contributed by atoms with van der Waals surface area (Å²) >= 11 is 5.97. The molecule has 1 saturated carbocycles. The molecule has 5 rings (SSSR count). The lowest BCUT2D eigenvalue weighted by atomic mass is 9.79. The number of anilines is 2. The van der Waals surface area contributed by atoms with Gasteiger partial charge in [0, 0.05) is 11.6 Å². The van der Waals surface area contributed by atoms with Gasteiger partial charge < -0.3 is 26.2 Å². The minimum atomic E-state index is -1.18. The van der Waals surface area contributed by atoms with E-state index in [1.165, 1.54) is 18.5 Å². The van der Waals surface area contributed by atoms with Gasteiger partial charge in [0.2, 0.25) is 0 Å². The lowest BCUT2D eigenvalue weighted by Crippen LogP contribution is -2.36. The molecule has 0 saturated heterocycles. The minimum absolute atomic E-state index is 0.117. The molecule has 4 aromatic rings. The number of aromatic nitrogens is 4. The topological polar surface area (TPSA) is 136 Å². The van der Waals surface area contributed by atoms with Gasteiger partial charge in [-0.05, 0) is 49.1 Å². The number of aryl methyl sites for hydroxylation is 1. The summed E-state index contributed by atoms with van der Waals surface area (Å²) in [6.07, 6.45) is 7.68. The van der Waals surface area contributed by atoms with E-state index < -0.39 is 29.5 Å². The van der Waals surface area contributed by atoms with Crippen LogP contribution in [-0.2, 0) is 6.42 Å². The van der Waals surface area contributed by atoms with Crippen LogP contribution >= 0.6 is 11.6 Å². The van der Waals surface area contributed by atoms with Crippen LogP contribution < -0.4 is 11.5 Å². The van der Waals surface area contributed by atoms with Crippen molar-refractivity contribution in [1.82, 2.24) is 19.5 Å². The first-order valence-corrected chi connectivity index (χ1v) is 11.1. The van der Waals surface area contributed by atoms with Crippen LogP contribution in [0.2, 0.25) is 5.02 Å². The van der Waals surface area contributed by atoms with Crippen LogP contribution in [0.4, 0.5) is 16.0 Å². The van der Waals surface area contributed by atoms with Crippen LogP contribution in [-0.4, -0.2) is 41.9 Å². The summed E-state index contributed by atoms with van der Waals surface area (Å²) in [4.78, 5) is 12.4. The highest BCUT2D eigenvalue weighted by molar-refractivity contribution is 6.33. The molecule has 1 fully saturated rings. The predicted molar refractivity (Wildman–Crippen MR) is 128 cm³/mol. The van der Waals surface area contributed by atoms with Gasteiger partial charge in [-0.2, -0.15) is 0 Å². The van der Waals surface area contributed by atoms with Gasteiger partial charge in [0.15, 0.2) is 0 Å². The monoisotopic (exact) mass is 480 g/mol. The van der Waals surface area contributed by atoms with Gasteiger partial charge in [-0.15, -0.1) is 6.42 Å². The smallest absolute Gasteiger partial charge is 0.145 e. The number of hydrogen-bond acceptors (Lipinski definition) is 7. The lowest BCUT2D eigenvalue weighted by Gasteiger charge is -2.27. The molecule has 3 heterocycles. The number of nitrogens with zero attached hydrogens (tertiary/aromatic N) is 4. The molecule has 0 bridgehead atoms. The normalized spacial score (nSPS) is 24.6. The number of benzene rings is 1. The van der Waals surface area contributed by atoms with E-state index in [1.54, 1.807) is 22.9 Å². The zero-order chi connectivity index (χ0) is 24.2. The van der Waals surface area contributed by atoms with E-state index in [9.17, 15) is 14.6 Å². The SMILES string of the molecule is C#C[C@]1(CCc2cc(F)c3cc(Cl)c(N)nc3c2)C[C@@H](n2ccc3c(N)ncnc32)[C@H](O)[C@@H]1O. The Morgan fingerprint density at radius 2 is 2.00 bits per heavy atom. The van der Waals surface area contributed by atoms with Gasteiger partial charge in [0.25, 0.3) is 0 Å². The number of terminal acetylenes is 1. The Morgan fingerprint density at radius 1 is 1.21 bits per heavy atom. The number of halogens is 2. The van der Waals surface area contributed by atoms with Crippen LogP contribution in [0.3, 0.4) is 0 Å². The Bertz CT molecular complexity index is 1470. The second kappa shape index (κ2) is 8.09. The van der Waals surface area contributed by atoms with Crippen LogP contribution in [0.1, 0.15) is 24.4 Å². The van der Waals surface area contributed by atoms with E-state index in [0.717, 1.165) is 0 Å². The third-order valence-electron chi connectivity index (χ3n) is 6.83. The van der Waals surface area contributed by atoms with Gasteiger partial charge in [0.1, 0.15) is 35.5 Å². The summed E-state index contributed by atoms with van der Waals surface area (Å²) in [6.45, 7) is 0. The molecule has 10 heteroatoms. The highest BCUT2D eigenvalue weighted by atomic mass is 35.5. The molecule has 0 amide bonds. The Balaban J connectivity index is 1.44. The maximum absolute atomic E-state index is 14.7. The molecule has 174 valence electrons. The maximum Gasteiger partial charge on any atom is 0.145 e. The standard InChI is InChI=1S/C24H22ClFN6O2/c1-2-24(5-3-12-7-16(26)14-9-15(25)22(28)31-17(14)8-12)10-18(19(33)20(24)34)32-6-4-13-21(27)29-11-30-23(13)32/h1,4,6-9,11,18-20,33-34H,3,5,10H2,(H2,28,31)(H2,27,29,30)/t18-,19+,20+,24+/m1/s1. The van der Waals surface area contributed by atoms with E-state index in [4.69, 9.17) is 29.5 Å². The molecule has 8 nitrogen and oxygen atoms in total. The maximum atomic E-state index is 14.7. The molecular formula is C24H22ClFN6O2. The van der Waals surface area contributed by atoms with Crippen molar-refractivity contribution in [3.8, 4) is 12.3 Å². The van der Waals surface area contributed by atoms with Crippen LogP contribution in [0.5, 0.6) is 0 Å². The number of fused-ring (bicyclic) bond motifs is 2. The average Bonchev–Trinajstić information content (AvgIpc) is 3.35. The largest absolute Gasteiger partial charge is 0.389 e. The van der Waals surface area contributed by atoms with Crippen LogP contribution in [0, 0.1) is 23.6 Å². The van der Waals surface area contributed by atoms with Crippen molar-refractivity contribution in [2.24, 2.45) is 5.41 Å². The number of nitrogens with two attached hydrogens (primary N) is 2. The number of rotatable bonds is 4. The third kappa shape index (κ3) is 3.42. The van der Waals surface area contributed by atoms with E-state index in [1.807, 2.05) is 0 Å². The molecule has 0 spiro atoms. The highest BCUT2D eigenvalue weighted by Crippen LogP contribution is 2.48. The first kappa shape index (κ1) is 22.3. The molecule has 0 aliphatic heterocycles. The van der Waals surface area contributed by atoms with Gasteiger partial charge in [-0.25, -0.2) is 19.3 Å². The van der Waals surface area contributed by atoms with E-state index in [-0.39, 0.29) is 16.2 Å². The summed E-state index contributed by atoms with van der Waals surface area (Å²) < 4.78 is 16.5. The molecule has 6 N–H and O–H groups in total. The highest BCUT2D eigenvalue weighted by Gasteiger charge is 2.52. The molecule has 3 aromatic heterocycles. The summed E-state index contributed by atoms with van der Waals surface area (Å²) in [6, 6.07) is 5.82. The van der Waals surface area contributed by atoms with E-state index in [2.05, 4.69) is 20.9 Å². The van der Waals surface area contributed by atoms with Gasteiger partial charge in [-0.1, -0.05) is 17.5 Å².